The number of hydrogen-bond acceptors (Lipinski definition) is 3. The van der Waals surface area contributed by atoms with Crippen LogP contribution in [-0.2, 0) is 6.42 Å². The van der Waals surface area contributed by atoms with Crippen LogP contribution in [0.1, 0.15) is 23.3 Å². The smallest absolute Gasteiger partial charge is 0.0554 e. The number of likely N-dealkylation sites (tertiary alicyclic amines) is 1. The Labute approximate surface area is 101 Å². The quantitative estimate of drug-likeness (QED) is 0.728. The van der Waals surface area contributed by atoms with Crippen molar-refractivity contribution in [1.29, 1.82) is 0 Å². The minimum Gasteiger partial charge on any atom is -0.306 e. The van der Waals surface area contributed by atoms with Gasteiger partial charge in [-0.05, 0) is 56.4 Å². The number of rotatable bonds is 1. The number of piperidine rings is 1. The van der Waals surface area contributed by atoms with Crippen LogP contribution in [0.15, 0.2) is 16.4 Å². The Morgan fingerprint density at radius 3 is 3.00 bits per heavy atom. The summed E-state index contributed by atoms with van der Waals surface area (Å²) in [4.78, 5) is 8.71. The molecule has 1 saturated heterocycles. The minimum absolute atomic E-state index is 0.717. The second kappa shape index (κ2) is 4.30. The molecule has 0 amide bonds. The lowest BCUT2D eigenvalue weighted by molar-refractivity contribution is 0.252. The van der Waals surface area contributed by atoms with Gasteiger partial charge in [-0.25, -0.2) is 0 Å². The van der Waals surface area contributed by atoms with E-state index in [-0.39, 0.29) is 0 Å². The molecule has 2 nitrogen and oxygen atoms in total. The van der Waals surface area contributed by atoms with Gasteiger partial charge in [-0.2, -0.15) is 0 Å². The van der Waals surface area contributed by atoms with Crippen molar-refractivity contribution >= 4 is 17.0 Å². The molecule has 0 N–H and O–H groups in total. The molecule has 0 bridgehead atoms. The third-order valence-electron chi connectivity index (χ3n) is 3.75. The van der Waals surface area contributed by atoms with E-state index >= 15 is 0 Å². The van der Waals surface area contributed by atoms with E-state index in [1.54, 1.807) is 0 Å². The van der Waals surface area contributed by atoms with Crippen LogP contribution in [0.4, 0.5) is 0 Å². The number of nitrogens with zero attached hydrogens (tertiary/aromatic N) is 2. The summed E-state index contributed by atoms with van der Waals surface area (Å²) in [6, 6.07) is 2.28. The first kappa shape index (κ1) is 10.5. The molecule has 0 aliphatic carbocycles. The molecule has 0 atom stereocenters. The highest BCUT2D eigenvalue weighted by molar-refractivity contribution is 7.12. The van der Waals surface area contributed by atoms with Gasteiger partial charge in [0.25, 0.3) is 0 Å². The molecule has 0 radical (unpaired) electrons. The predicted molar refractivity (Wildman–Crippen MR) is 69.6 cm³/mol. The van der Waals surface area contributed by atoms with E-state index in [0.717, 1.165) is 13.0 Å². The maximum atomic E-state index is 4.80. The van der Waals surface area contributed by atoms with Gasteiger partial charge in [0.05, 0.1) is 10.6 Å². The number of thiophene rings is 1. The fraction of sp³-hybridized carbons (Fsp3) is 0.615. The molecule has 86 valence electrons. The molecule has 1 aromatic rings. The lowest BCUT2D eigenvalue weighted by Gasteiger charge is -2.30. The lowest BCUT2D eigenvalue weighted by Crippen LogP contribution is -2.34. The monoisotopic (exact) mass is 234 g/mol. The minimum atomic E-state index is 0.717. The van der Waals surface area contributed by atoms with Gasteiger partial charge in [-0.1, -0.05) is 0 Å². The van der Waals surface area contributed by atoms with E-state index < -0.39 is 0 Å². The van der Waals surface area contributed by atoms with E-state index in [1.165, 1.54) is 42.1 Å². The number of aliphatic imine (C=N–C) groups is 1. The molecule has 2 aliphatic rings. The highest BCUT2D eigenvalue weighted by atomic mass is 32.1. The van der Waals surface area contributed by atoms with Gasteiger partial charge in [0.2, 0.25) is 0 Å². The molecular formula is C13H18N2S. The average molecular weight is 234 g/mol. The van der Waals surface area contributed by atoms with Gasteiger partial charge in [-0.3, -0.25) is 4.99 Å². The Balaban J connectivity index is 1.83. The van der Waals surface area contributed by atoms with Crippen LogP contribution < -0.4 is 0 Å². The molecule has 0 spiro atoms. The first-order valence-corrected chi connectivity index (χ1v) is 7.02. The third-order valence-corrected chi connectivity index (χ3v) is 4.73. The van der Waals surface area contributed by atoms with E-state index in [2.05, 4.69) is 23.4 Å². The standard InChI is InChI=1S/C13H18N2S/c1-15-7-3-10(4-8-15)12-13-11(2-6-14-12)5-9-16-13/h5,9-10H,2-4,6-8H2,1H3. The maximum absolute atomic E-state index is 4.80. The largest absolute Gasteiger partial charge is 0.306 e. The third kappa shape index (κ3) is 1.82. The molecule has 2 aliphatic heterocycles. The van der Waals surface area contributed by atoms with Crippen LogP contribution in [-0.4, -0.2) is 37.3 Å². The zero-order valence-electron chi connectivity index (χ0n) is 9.78. The fourth-order valence-electron chi connectivity index (χ4n) is 2.72. The summed E-state index contributed by atoms with van der Waals surface area (Å²) in [5.41, 5.74) is 2.96. The molecule has 0 unspecified atom stereocenters. The predicted octanol–water partition coefficient (Wildman–Crippen LogP) is 2.44. The highest BCUT2D eigenvalue weighted by Crippen LogP contribution is 2.29. The van der Waals surface area contributed by atoms with E-state index in [9.17, 15) is 0 Å². The topological polar surface area (TPSA) is 15.6 Å². The Hall–Kier alpha value is -0.670. The molecule has 3 rings (SSSR count). The fourth-order valence-corrected chi connectivity index (χ4v) is 3.76. The van der Waals surface area contributed by atoms with E-state index in [1.807, 2.05) is 11.3 Å². The molecule has 1 aromatic heterocycles. The maximum Gasteiger partial charge on any atom is 0.0554 e. The Kier molecular flexibility index (Phi) is 2.82. The van der Waals surface area contributed by atoms with Gasteiger partial charge >= 0.3 is 0 Å². The Morgan fingerprint density at radius 2 is 2.19 bits per heavy atom. The number of fused-ring (bicyclic) bond motifs is 1. The van der Waals surface area contributed by atoms with Crippen molar-refractivity contribution in [2.24, 2.45) is 10.9 Å². The van der Waals surface area contributed by atoms with E-state index in [0.29, 0.717) is 5.92 Å². The zero-order valence-corrected chi connectivity index (χ0v) is 10.6. The summed E-state index contributed by atoms with van der Waals surface area (Å²) < 4.78 is 0. The molecular weight excluding hydrogens is 216 g/mol. The first-order chi connectivity index (χ1) is 7.84. The van der Waals surface area contributed by atoms with Crippen LogP contribution in [0.3, 0.4) is 0 Å². The Bertz CT molecular complexity index is 400. The SMILES string of the molecule is CN1CCC(C2=NCCc3ccsc32)CC1. The Morgan fingerprint density at radius 1 is 1.38 bits per heavy atom. The normalized spacial score (nSPS) is 22.9. The summed E-state index contributed by atoms with van der Waals surface area (Å²) in [5.74, 6) is 0.717. The first-order valence-electron chi connectivity index (χ1n) is 6.14. The van der Waals surface area contributed by atoms with Crippen LogP contribution >= 0.6 is 11.3 Å². The van der Waals surface area contributed by atoms with Crippen molar-refractivity contribution in [1.82, 2.24) is 4.90 Å². The highest BCUT2D eigenvalue weighted by Gasteiger charge is 2.26. The van der Waals surface area contributed by atoms with Crippen molar-refractivity contribution < 1.29 is 0 Å². The summed E-state index contributed by atoms with van der Waals surface area (Å²) in [7, 11) is 2.22. The number of hydrogen-bond donors (Lipinski definition) is 0. The van der Waals surface area contributed by atoms with Gasteiger partial charge in [0.1, 0.15) is 0 Å². The van der Waals surface area contributed by atoms with Crippen molar-refractivity contribution in [3.8, 4) is 0 Å². The van der Waals surface area contributed by atoms with Gasteiger partial charge in [-0.15, -0.1) is 11.3 Å². The van der Waals surface area contributed by atoms with Gasteiger partial charge in [0.15, 0.2) is 0 Å². The van der Waals surface area contributed by atoms with Crippen LogP contribution in [0.5, 0.6) is 0 Å². The van der Waals surface area contributed by atoms with Crippen molar-refractivity contribution in [2.45, 2.75) is 19.3 Å². The second-order valence-electron chi connectivity index (χ2n) is 4.87. The molecule has 3 heterocycles. The molecule has 0 aromatic carbocycles. The average Bonchev–Trinajstić information content (AvgIpc) is 2.78. The van der Waals surface area contributed by atoms with Crippen molar-refractivity contribution in [3.63, 3.8) is 0 Å². The molecule has 3 heteroatoms. The summed E-state index contributed by atoms with van der Waals surface area (Å²) in [6.07, 6.45) is 3.72. The summed E-state index contributed by atoms with van der Waals surface area (Å²) in [6.45, 7) is 3.46. The van der Waals surface area contributed by atoms with Crippen LogP contribution in [0, 0.1) is 5.92 Å². The van der Waals surface area contributed by atoms with Crippen LogP contribution in [0.2, 0.25) is 0 Å². The van der Waals surface area contributed by atoms with Crippen LogP contribution in [0.25, 0.3) is 0 Å². The van der Waals surface area contributed by atoms with Gasteiger partial charge in [0, 0.05) is 12.5 Å². The molecule has 1 fully saturated rings. The van der Waals surface area contributed by atoms with Crippen molar-refractivity contribution in [2.75, 3.05) is 26.7 Å². The van der Waals surface area contributed by atoms with Gasteiger partial charge < -0.3 is 4.90 Å². The summed E-state index contributed by atoms with van der Waals surface area (Å²) in [5, 5.41) is 2.22. The molecule has 16 heavy (non-hydrogen) atoms. The molecule has 0 saturated carbocycles. The summed E-state index contributed by atoms with van der Waals surface area (Å²) >= 11 is 1.88. The zero-order chi connectivity index (χ0) is 11.0. The van der Waals surface area contributed by atoms with Crippen molar-refractivity contribution in [3.05, 3.63) is 21.9 Å². The lowest BCUT2D eigenvalue weighted by atomic mass is 9.88. The van der Waals surface area contributed by atoms with E-state index in [4.69, 9.17) is 4.99 Å². The second-order valence-corrected chi connectivity index (χ2v) is 5.79.